The SMILES string of the molecule is C=C.C=C.C=C.C=C.C=C.C=C.C=C.C=C.C=C.N.OCCO. The van der Waals surface area contributed by atoms with Crippen LogP contribution in [0.25, 0.3) is 0 Å². The lowest BCUT2D eigenvalue weighted by Gasteiger charge is -1.70. The second kappa shape index (κ2) is 31700. The molecule has 0 aromatic carbocycles. The normalized spacial score (nSPS) is 2.87. The van der Waals surface area contributed by atoms with Crippen LogP contribution in [-0.2, 0) is 0 Å². The van der Waals surface area contributed by atoms with Gasteiger partial charge >= 0.3 is 0 Å². The molecule has 0 aliphatic rings. The van der Waals surface area contributed by atoms with E-state index in [9.17, 15) is 0 Å². The van der Waals surface area contributed by atoms with Crippen molar-refractivity contribution in [3.8, 4) is 0 Å². The van der Waals surface area contributed by atoms with E-state index in [0.717, 1.165) is 0 Å². The maximum atomic E-state index is 7.62. The fraction of sp³-hybridized carbons (Fsp3) is 0.100. The predicted molar refractivity (Wildman–Crippen MR) is 120 cm³/mol. The molecule has 0 aromatic rings. The summed E-state index contributed by atoms with van der Waals surface area (Å²) in [6.45, 7) is 53.8. The first-order valence-corrected chi connectivity index (χ1v) is 5.63. The highest BCUT2D eigenvalue weighted by atomic mass is 16.3. The summed E-state index contributed by atoms with van der Waals surface area (Å²) in [6.07, 6.45) is 0. The Morgan fingerprint density at radius 2 is 0.348 bits per heavy atom. The van der Waals surface area contributed by atoms with Crippen molar-refractivity contribution in [1.29, 1.82) is 0 Å². The summed E-state index contributed by atoms with van der Waals surface area (Å²) < 4.78 is 0. The van der Waals surface area contributed by atoms with Crippen LogP contribution in [0.3, 0.4) is 0 Å². The summed E-state index contributed by atoms with van der Waals surface area (Å²) in [5.41, 5.74) is 0. The smallest absolute Gasteiger partial charge is 0.0662 e. The van der Waals surface area contributed by atoms with Gasteiger partial charge in [-0.2, -0.15) is 0 Å². The molecule has 0 aliphatic carbocycles. The lowest BCUT2D eigenvalue weighted by molar-refractivity contribution is 0.186. The van der Waals surface area contributed by atoms with Gasteiger partial charge in [0.1, 0.15) is 0 Å². The number of aliphatic hydroxyl groups excluding tert-OH is 2. The van der Waals surface area contributed by atoms with Gasteiger partial charge in [0.05, 0.1) is 13.2 Å². The monoisotopic (exact) mass is 331 g/mol. The third-order valence-electron chi connectivity index (χ3n) is 0.1000. The van der Waals surface area contributed by atoms with E-state index in [0.29, 0.717) is 0 Å². The Bertz CT molecular complexity index is 61.2. The van der Waals surface area contributed by atoms with Crippen LogP contribution in [-0.4, -0.2) is 23.4 Å². The van der Waals surface area contributed by atoms with E-state index in [4.69, 9.17) is 10.2 Å². The van der Waals surface area contributed by atoms with Crippen molar-refractivity contribution in [1.82, 2.24) is 6.15 Å². The average Bonchev–Trinajstić information content (AvgIpc) is 2.75. The molecular formula is C20H45NO2. The van der Waals surface area contributed by atoms with Crippen molar-refractivity contribution in [2.75, 3.05) is 13.2 Å². The number of rotatable bonds is 1. The molecule has 0 bridgehead atoms. The maximum Gasteiger partial charge on any atom is 0.0662 e. The van der Waals surface area contributed by atoms with Crippen molar-refractivity contribution in [2.24, 2.45) is 0 Å². The lowest BCUT2D eigenvalue weighted by Crippen LogP contribution is -1.85. The quantitative estimate of drug-likeness (QED) is 0.490. The standard InChI is InChI=1S/C2H6O2.9C2H4.H3N/c3-1-2-4;9*1-2;/h3-4H,1-2H2;9*1-2H2;1H3. The van der Waals surface area contributed by atoms with Crippen LogP contribution in [0.5, 0.6) is 0 Å². The first kappa shape index (κ1) is 86.2. The number of hydrogen-bond donors (Lipinski definition) is 3. The van der Waals surface area contributed by atoms with Crippen molar-refractivity contribution in [2.45, 2.75) is 0 Å². The van der Waals surface area contributed by atoms with Gasteiger partial charge in [-0.05, 0) is 0 Å². The van der Waals surface area contributed by atoms with Crippen LogP contribution >= 0.6 is 0 Å². The zero-order chi connectivity index (χ0) is 21.4. The second-order valence-corrected chi connectivity index (χ2v) is 0.447. The van der Waals surface area contributed by atoms with Crippen LogP contribution in [0.2, 0.25) is 0 Å². The minimum Gasteiger partial charge on any atom is -0.394 e. The van der Waals surface area contributed by atoms with Crippen LogP contribution in [0.4, 0.5) is 0 Å². The third-order valence-corrected chi connectivity index (χ3v) is 0.1000. The zero-order valence-electron chi connectivity index (χ0n) is 15.7. The first-order valence-electron chi connectivity index (χ1n) is 5.63. The Morgan fingerprint density at radius 3 is 0.348 bits per heavy atom. The Labute approximate surface area is 148 Å². The van der Waals surface area contributed by atoms with Gasteiger partial charge < -0.3 is 16.4 Å². The van der Waals surface area contributed by atoms with E-state index in [2.05, 4.69) is 118 Å². The predicted octanol–water partition coefficient (Wildman–Crippen LogP) is 6.35. The molecule has 0 saturated carbocycles. The van der Waals surface area contributed by atoms with E-state index in [1.165, 1.54) is 0 Å². The average molecular weight is 332 g/mol. The molecule has 0 radical (unpaired) electrons. The Morgan fingerprint density at radius 1 is 0.304 bits per heavy atom. The highest BCUT2D eigenvalue weighted by Crippen LogP contribution is 1.39. The molecule has 5 N–H and O–H groups in total. The van der Waals surface area contributed by atoms with Crippen molar-refractivity contribution < 1.29 is 10.2 Å². The fourth-order valence-corrected chi connectivity index (χ4v) is 0. The molecule has 0 saturated heterocycles. The highest BCUT2D eigenvalue weighted by molar-refractivity contribution is 4.24. The second-order valence-electron chi connectivity index (χ2n) is 0.447. The molecule has 3 heteroatoms. The van der Waals surface area contributed by atoms with E-state index in [1.54, 1.807) is 0 Å². The molecule has 0 amide bonds. The van der Waals surface area contributed by atoms with Crippen molar-refractivity contribution in [3.63, 3.8) is 0 Å². The van der Waals surface area contributed by atoms with Crippen LogP contribution < -0.4 is 6.15 Å². The molecule has 0 aliphatic heterocycles. The topological polar surface area (TPSA) is 75.5 Å². The Hall–Kier alpha value is -2.46. The van der Waals surface area contributed by atoms with E-state index < -0.39 is 0 Å². The molecule has 142 valence electrons. The van der Waals surface area contributed by atoms with Crippen LogP contribution in [0.1, 0.15) is 0 Å². The number of hydrogen-bond acceptors (Lipinski definition) is 3. The molecule has 0 unspecified atom stereocenters. The fourth-order valence-electron chi connectivity index (χ4n) is 0. The van der Waals surface area contributed by atoms with Crippen molar-refractivity contribution >= 4 is 0 Å². The van der Waals surface area contributed by atoms with Gasteiger partial charge in [0.2, 0.25) is 0 Å². The van der Waals surface area contributed by atoms with Gasteiger partial charge in [-0.15, -0.1) is 118 Å². The zero-order valence-corrected chi connectivity index (χ0v) is 15.7. The summed E-state index contributed by atoms with van der Waals surface area (Å²) in [4.78, 5) is 0. The summed E-state index contributed by atoms with van der Waals surface area (Å²) in [7, 11) is 0. The van der Waals surface area contributed by atoms with Gasteiger partial charge in [0, 0.05) is 0 Å². The highest BCUT2D eigenvalue weighted by Gasteiger charge is 1.58. The van der Waals surface area contributed by atoms with Crippen molar-refractivity contribution in [3.05, 3.63) is 118 Å². The van der Waals surface area contributed by atoms with Gasteiger partial charge in [0.25, 0.3) is 0 Å². The lowest BCUT2D eigenvalue weighted by atomic mass is 10.8. The van der Waals surface area contributed by atoms with Crippen LogP contribution in [0.15, 0.2) is 118 Å². The summed E-state index contributed by atoms with van der Waals surface area (Å²) in [6, 6.07) is 0. The van der Waals surface area contributed by atoms with Gasteiger partial charge in [-0.3, -0.25) is 0 Å². The van der Waals surface area contributed by atoms with Crippen LogP contribution in [0, 0.1) is 0 Å². The molecule has 0 fully saturated rings. The molecule has 0 spiro atoms. The minimum atomic E-state index is -0.125. The van der Waals surface area contributed by atoms with Gasteiger partial charge in [0.15, 0.2) is 0 Å². The molecule has 23 heavy (non-hydrogen) atoms. The molecule has 0 atom stereocenters. The van der Waals surface area contributed by atoms with Gasteiger partial charge in [-0.1, -0.05) is 0 Å². The summed E-state index contributed by atoms with van der Waals surface area (Å²) in [5, 5.41) is 15.2. The number of aliphatic hydroxyl groups is 2. The Kier molecular flexibility index (Phi) is 119000. The molecule has 0 rings (SSSR count). The maximum absolute atomic E-state index is 7.62. The molecule has 0 aromatic heterocycles. The van der Waals surface area contributed by atoms with E-state index in [1.807, 2.05) is 0 Å². The molecular weight excluding hydrogens is 286 g/mol. The summed E-state index contributed by atoms with van der Waals surface area (Å²) >= 11 is 0. The summed E-state index contributed by atoms with van der Waals surface area (Å²) in [5.74, 6) is 0. The van der Waals surface area contributed by atoms with E-state index >= 15 is 0 Å². The Balaban J connectivity index is -0.00000000782. The molecule has 3 nitrogen and oxygen atoms in total. The van der Waals surface area contributed by atoms with Gasteiger partial charge in [-0.25, -0.2) is 0 Å². The minimum absolute atomic E-state index is 0. The largest absolute Gasteiger partial charge is 0.394 e. The van der Waals surface area contributed by atoms with E-state index in [-0.39, 0.29) is 19.4 Å². The molecule has 0 heterocycles. The first-order chi connectivity index (χ1) is 10.9. The third kappa shape index (κ3) is 2820.